The van der Waals surface area contributed by atoms with Crippen LogP contribution in [-0.2, 0) is 16.1 Å². The predicted octanol–water partition coefficient (Wildman–Crippen LogP) is 0.504. The van der Waals surface area contributed by atoms with E-state index in [4.69, 9.17) is 15.6 Å². The number of fused-ring (bicyclic) bond motifs is 1. The van der Waals surface area contributed by atoms with Crippen LogP contribution in [0.3, 0.4) is 0 Å². The van der Waals surface area contributed by atoms with Crippen LogP contribution in [0.15, 0.2) is 6.33 Å². The summed E-state index contributed by atoms with van der Waals surface area (Å²) in [4.78, 5) is 18.4. The van der Waals surface area contributed by atoms with Gasteiger partial charge in [0.2, 0.25) is 0 Å². The molecular formula is C10H12IN5O3. The molecular weight excluding hydrogens is 365 g/mol. The Kier molecular flexibility index (Phi) is 4.47. The molecule has 2 aromatic rings. The lowest BCUT2D eigenvalue weighted by molar-refractivity contribution is -0.138. The number of nitrogen functional groups attached to an aromatic ring is 1. The number of ether oxygens (including phenoxy) is 1. The highest BCUT2D eigenvalue weighted by Crippen LogP contribution is 2.22. The number of halogens is 1. The van der Waals surface area contributed by atoms with Gasteiger partial charge >= 0.3 is 5.97 Å². The summed E-state index contributed by atoms with van der Waals surface area (Å²) in [5.74, 6) is -0.480. The molecule has 0 saturated carbocycles. The normalized spacial score (nSPS) is 11.0. The van der Waals surface area contributed by atoms with Gasteiger partial charge in [0.15, 0.2) is 5.65 Å². The zero-order chi connectivity index (χ0) is 13.8. The quantitative estimate of drug-likeness (QED) is 0.556. The maximum absolute atomic E-state index is 10.3. The van der Waals surface area contributed by atoms with Gasteiger partial charge in [0.05, 0.1) is 31.6 Å². The number of rotatable bonds is 6. The van der Waals surface area contributed by atoms with Crippen molar-refractivity contribution in [1.82, 2.24) is 19.7 Å². The van der Waals surface area contributed by atoms with E-state index in [2.05, 4.69) is 37.7 Å². The van der Waals surface area contributed by atoms with Gasteiger partial charge in [0.25, 0.3) is 0 Å². The second kappa shape index (κ2) is 6.10. The van der Waals surface area contributed by atoms with Gasteiger partial charge in [-0.05, 0) is 22.6 Å². The van der Waals surface area contributed by atoms with Gasteiger partial charge in [-0.2, -0.15) is 5.10 Å². The summed E-state index contributed by atoms with van der Waals surface area (Å²) in [6, 6.07) is 0. The van der Waals surface area contributed by atoms with Gasteiger partial charge in [0, 0.05) is 0 Å². The molecule has 0 spiro atoms. The van der Waals surface area contributed by atoms with Crippen LogP contribution in [0.25, 0.3) is 11.0 Å². The van der Waals surface area contributed by atoms with Crippen molar-refractivity contribution in [2.75, 3.05) is 18.9 Å². The Morgan fingerprint density at radius 2 is 2.26 bits per heavy atom. The Hall–Kier alpha value is -1.49. The molecule has 2 aromatic heterocycles. The number of hydrogen-bond donors (Lipinski definition) is 2. The molecule has 0 aliphatic rings. The third-order valence-electron chi connectivity index (χ3n) is 2.42. The lowest BCUT2D eigenvalue weighted by Gasteiger charge is -2.03. The Balaban J connectivity index is 2.01. The molecule has 102 valence electrons. The maximum atomic E-state index is 10.3. The van der Waals surface area contributed by atoms with Gasteiger partial charge in [-0.3, -0.25) is 4.79 Å². The number of anilines is 1. The van der Waals surface area contributed by atoms with Crippen molar-refractivity contribution in [3.63, 3.8) is 0 Å². The van der Waals surface area contributed by atoms with Crippen LogP contribution in [0, 0.1) is 3.70 Å². The van der Waals surface area contributed by atoms with E-state index in [0.29, 0.717) is 24.6 Å². The van der Waals surface area contributed by atoms with Gasteiger partial charge < -0.3 is 15.6 Å². The minimum absolute atomic E-state index is 0.00743. The highest BCUT2D eigenvalue weighted by Gasteiger charge is 2.12. The standard InChI is InChI=1S/C10H12IN5O3/c11-8-7-9(12)13-5-14-10(7)16(15-8)2-4-19-3-1-6(17)18/h5H,1-4H2,(H,17,18)(H2,12,13,14). The molecule has 0 amide bonds. The van der Waals surface area contributed by atoms with Crippen LogP contribution < -0.4 is 5.73 Å². The monoisotopic (exact) mass is 377 g/mol. The number of aromatic nitrogens is 4. The summed E-state index contributed by atoms with van der Waals surface area (Å²) in [5, 5.41) is 13.5. The first-order chi connectivity index (χ1) is 9.09. The SMILES string of the molecule is Nc1ncnc2c1c(I)nn2CCOCCC(=O)O. The zero-order valence-corrected chi connectivity index (χ0v) is 12.1. The average Bonchev–Trinajstić information content (AvgIpc) is 2.67. The van der Waals surface area contributed by atoms with E-state index in [1.54, 1.807) is 4.68 Å². The molecule has 0 atom stereocenters. The molecule has 0 unspecified atom stereocenters. The molecule has 2 heterocycles. The van der Waals surface area contributed by atoms with Crippen LogP contribution in [0.2, 0.25) is 0 Å². The summed E-state index contributed by atoms with van der Waals surface area (Å²) in [5.41, 5.74) is 6.43. The van der Waals surface area contributed by atoms with Crippen LogP contribution in [0.5, 0.6) is 0 Å². The lowest BCUT2D eigenvalue weighted by Crippen LogP contribution is -2.10. The summed E-state index contributed by atoms with van der Waals surface area (Å²) >= 11 is 2.07. The summed E-state index contributed by atoms with van der Waals surface area (Å²) in [6.07, 6.45) is 1.38. The molecule has 0 bridgehead atoms. The van der Waals surface area contributed by atoms with Crippen LogP contribution in [0.4, 0.5) is 5.82 Å². The molecule has 19 heavy (non-hydrogen) atoms. The zero-order valence-electron chi connectivity index (χ0n) is 9.91. The van der Waals surface area contributed by atoms with Crippen molar-refractivity contribution in [3.05, 3.63) is 10.0 Å². The Morgan fingerprint density at radius 3 is 3.00 bits per heavy atom. The Labute approximate surface area is 122 Å². The highest BCUT2D eigenvalue weighted by atomic mass is 127. The van der Waals surface area contributed by atoms with E-state index >= 15 is 0 Å². The third kappa shape index (κ3) is 3.29. The molecule has 0 saturated heterocycles. The summed E-state index contributed by atoms with van der Waals surface area (Å²) in [6.45, 7) is 1.03. The first-order valence-electron chi connectivity index (χ1n) is 5.51. The maximum Gasteiger partial charge on any atom is 0.305 e. The molecule has 0 fully saturated rings. The first kappa shape index (κ1) is 13.9. The molecule has 2 rings (SSSR count). The van der Waals surface area contributed by atoms with Crippen LogP contribution in [-0.4, -0.2) is 44.0 Å². The van der Waals surface area contributed by atoms with Crippen LogP contribution >= 0.6 is 22.6 Å². The molecule has 0 radical (unpaired) electrons. The van der Waals surface area contributed by atoms with Gasteiger partial charge in [-0.1, -0.05) is 0 Å². The molecule has 0 aromatic carbocycles. The van der Waals surface area contributed by atoms with Crippen molar-refractivity contribution in [3.8, 4) is 0 Å². The van der Waals surface area contributed by atoms with E-state index in [1.807, 2.05) is 0 Å². The van der Waals surface area contributed by atoms with Gasteiger partial charge in [0.1, 0.15) is 15.8 Å². The molecule has 9 heteroatoms. The van der Waals surface area contributed by atoms with E-state index in [1.165, 1.54) is 6.33 Å². The number of hydrogen-bond acceptors (Lipinski definition) is 6. The van der Waals surface area contributed by atoms with Gasteiger partial charge in [-0.15, -0.1) is 0 Å². The number of nitrogens with zero attached hydrogens (tertiary/aromatic N) is 4. The van der Waals surface area contributed by atoms with Crippen molar-refractivity contribution in [2.45, 2.75) is 13.0 Å². The molecule has 0 aliphatic heterocycles. The lowest BCUT2D eigenvalue weighted by atomic mass is 10.4. The number of nitrogens with two attached hydrogens (primary N) is 1. The number of carboxylic acid groups (broad SMARTS) is 1. The number of aliphatic carboxylic acids is 1. The third-order valence-corrected chi connectivity index (χ3v) is 3.18. The minimum atomic E-state index is -0.875. The molecule has 8 nitrogen and oxygen atoms in total. The fourth-order valence-electron chi connectivity index (χ4n) is 1.55. The van der Waals surface area contributed by atoms with E-state index in [9.17, 15) is 4.79 Å². The van der Waals surface area contributed by atoms with E-state index in [0.717, 1.165) is 9.09 Å². The average molecular weight is 377 g/mol. The van der Waals surface area contributed by atoms with Crippen molar-refractivity contribution in [1.29, 1.82) is 0 Å². The number of carbonyl (C=O) groups is 1. The second-order valence-electron chi connectivity index (χ2n) is 3.73. The smallest absolute Gasteiger partial charge is 0.305 e. The number of carboxylic acids is 1. The predicted molar refractivity (Wildman–Crippen MR) is 75.5 cm³/mol. The first-order valence-corrected chi connectivity index (χ1v) is 6.59. The fourth-order valence-corrected chi connectivity index (χ4v) is 2.33. The molecule has 3 N–H and O–H groups in total. The Bertz CT molecular complexity index is 600. The summed E-state index contributed by atoms with van der Waals surface area (Å²) in [7, 11) is 0. The molecule has 0 aliphatic carbocycles. The van der Waals surface area contributed by atoms with E-state index in [-0.39, 0.29) is 13.0 Å². The van der Waals surface area contributed by atoms with Crippen LogP contribution in [0.1, 0.15) is 6.42 Å². The van der Waals surface area contributed by atoms with E-state index < -0.39 is 5.97 Å². The van der Waals surface area contributed by atoms with Crippen molar-refractivity contribution < 1.29 is 14.6 Å². The second-order valence-corrected chi connectivity index (χ2v) is 4.75. The summed E-state index contributed by atoms with van der Waals surface area (Å²) < 4.78 is 7.63. The Morgan fingerprint density at radius 1 is 1.47 bits per heavy atom. The van der Waals surface area contributed by atoms with Crippen molar-refractivity contribution >= 4 is 45.4 Å². The fraction of sp³-hybridized carbons (Fsp3) is 0.400. The van der Waals surface area contributed by atoms with Crippen molar-refractivity contribution in [2.24, 2.45) is 0 Å². The topological polar surface area (TPSA) is 116 Å². The van der Waals surface area contributed by atoms with Gasteiger partial charge in [-0.25, -0.2) is 14.6 Å². The largest absolute Gasteiger partial charge is 0.481 e. The highest BCUT2D eigenvalue weighted by molar-refractivity contribution is 14.1. The minimum Gasteiger partial charge on any atom is -0.481 e.